The Balaban J connectivity index is 1.41. The van der Waals surface area contributed by atoms with Crippen LogP contribution in [-0.2, 0) is 9.53 Å². The first kappa shape index (κ1) is 18.9. The number of aromatic nitrogens is 3. The van der Waals surface area contributed by atoms with Crippen molar-refractivity contribution in [1.82, 2.24) is 25.4 Å². The summed E-state index contributed by atoms with van der Waals surface area (Å²) in [5.74, 6) is 2.92. The fourth-order valence-corrected chi connectivity index (χ4v) is 4.96. The first-order valence-electron chi connectivity index (χ1n) is 10.7. The molecule has 0 spiro atoms. The van der Waals surface area contributed by atoms with Crippen molar-refractivity contribution in [3.05, 3.63) is 11.6 Å². The van der Waals surface area contributed by atoms with Crippen LogP contribution in [0.25, 0.3) is 0 Å². The number of rotatable bonds is 5. The van der Waals surface area contributed by atoms with Crippen molar-refractivity contribution in [3.63, 3.8) is 0 Å². The van der Waals surface area contributed by atoms with Crippen LogP contribution in [0.5, 0.6) is 0 Å². The van der Waals surface area contributed by atoms with Crippen LogP contribution in [0.15, 0.2) is 0 Å². The van der Waals surface area contributed by atoms with E-state index < -0.39 is 0 Å². The summed E-state index contributed by atoms with van der Waals surface area (Å²) in [5.41, 5.74) is 0. The lowest BCUT2D eigenvalue weighted by atomic mass is 9.89. The zero-order chi connectivity index (χ0) is 18.6. The highest BCUT2D eigenvalue weighted by Gasteiger charge is 2.39. The van der Waals surface area contributed by atoms with Gasteiger partial charge in [0, 0.05) is 38.8 Å². The molecule has 2 aliphatic heterocycles. The van der Waals surface area contributed by atoms with Crippen LogP contribution < -0.4 is 5.32 Å². The molecule has 3 aliphatic rings. The minimum Gasteiger partial charge on any atom is -0.381 e. The molecule has 3 fully saturated rings. The first-order valence-corrected chi connectivity index (χ1v) is 10.7. The summed E-state index contributed by atoms with van der Waals surface area (Å²) in [4.78, 5) is 19.9. The number of likely N-dealkylation sites (tertiary alicyclic amines) is 1. The van der Waals surface area contributed by atoms with Crippen LogP contribution in [0.2, 0.25) is 0 Å². The molecule has 7 heteroatoms. The molecule has 0 bridgehead atoms. The van der Waals surface area contributed by atoms with Crippen molar-refractivity contribution in [2.75, 3.05) is 32.8 Å². The summed E-state index contributed by atoms with van der Waals surface area (Å²) in [6.45, 7) is 6.31. The van der Waals surface area contributed by atoms with Gasteiger partial charge in [-0.25, -0.2) is 4.98 Å². The van der Waals surface area contributed by atoms with E-state index in [0.717, 1.165) is 50.0 Å². The molecule has 2 N–H and O–H groups in total. The standard InChI is InChI=1S/C20H33N5O2/c1-14-21-19(24-23-14)17-12-25(11-15-5-3-2-4-6-15)13-18(17)22-20(26)16-7-9-27-10-8-16/h15-18H,2-13H2,1H3,(H,22,26)(H,21,23,24)/t17-,18-/m1/s1. The lowest BCUT2D eigenvalue weighted by Gasteiger charge is -2.27. The van der Waals surface area contributed by atoms with Gasteiger partial charge >= 0.3 is 0 Å². The Morgan fingerprint density at radius 1 is 1.19 bits per heavy atom. The second-order valence-electron chi connectivity index (χ2n) is 8.61. The van der Waals surface area contributed by atoms with E-state index in [-0.39, 0.29) is 23.8 Å². The lowest BCUT2D eigenvalue weighted by molar-refractivity contribution is -0.128. The summed E-state index contributed by atoms with van der Waals surface area (Å²) in [7, 11) is 0. The van der Waals surface area contributed by atoms with Gasteiger partial charge in [0.2, 0.25) is 5.91 Å². The van der Waals surface area contributed by atoms with Gasteiger partial charge in [0.1, 0.15) is 5.82 Å². The third-order valence-electron chi connectivity index (χ3n) is 6.50. The van der Waals surface area contributed by atoms with Gasteiger partial charge in [-0.15, -0.1) is 0 Å². The molecule has 7 nitrogen and oxygen atoms in total. The molecular formula is C20H33N5O2. The number of nitrogens with zero attached hydrogens (tertiary/aromatic N) is 3. The monoisotopic (exact) mass is 375 g/mol. The molecule has 4 rings (SSSR count). The number of amides is 1. The van der Waals surface area contributed by atoms with Crippen LogP contribution in [-0.4, -0.2) is 64.9 Å². The first-order chi connectivity index (χ1) is 13.2. The molecule has 0 radical (unpaired) electrons. The van der Waals surface area contributed by atoms with E-state index in [9.17, 15) is 4.79 Å². The molecule has 1 aliphatic carbocycles. The van der Waals surface area contributed by atoms with Crippen molar-refractivity contribution in [1.29, 1.82) is 0 Å². The maximum atomic E-state index is 12.8. The quantitative estimate of drug-likeness (QED) is 0.822. The Hall–Kier alpha value is -1.47. The fourth-order valence-electron chi connectivity index (χ4n) is 4.96. The van der Waals surface area contributed by atoms with Crippen molar-refractivity contribution in [2.45, 2.75) is 63.8 Å². The van der Waals surface area contributed by atoms with Crippen LogP contribution in [0.4, 0.5) is 0 Å². The second kappa shape index (κ2) is 8.69. The predicted molar refractivity (Wildman–Crippen MR) is 102 cm³/mol. The summed E-state index contributed by atoms with van der Waals surface area (Å²) in [6, 6.07) is 0.0964. The molecule has 3 heterocycles. The smallest absolute Gasteiger partial charge is 0.223 e. The van der Waals surface area contributed by atoms with Gasteiger partial charge in [-0.3, -0.25) is 9.89 Å². The maximum Gasteiger partial charge on any atom is 0.223 e. The van der Waals surface area contributed by atoms with Gasteiger partial charge in [0.25, 0.3) is 0 Å². The number of carbonyl (C=O) groups excluding carboxylic acids is 1. The predicted octanol–water partition coefficient (Wildman–Crippen LogP) is 2.00. The molecule has 2 atom stereocenters. The fraction of sp³-hybridized carbons (Fsp3) is 0.850. The summed E-state index contributed by atoms with van der Waals surface area (Å²) < 4.78 is 5.40. The Morgan fingerprint density at radius 3 is 2.67 bits per heavy atom. The van der Waals surface area contributed by atoms with E-state index in [0.29, 0.717) is 13.2 Å². The number of aryl methyl sites for hydroxylation is 1. The number of nitrogens with one attached hydrogen (secondary N) is 2. The minimum absolute atomic E-state index is 0.0840. The number of aromatic amines is 1. The van der Waals surface area contributed by atoms with E-state index in [1.807, 2.05) is 6.92 Å². The summed E-state index contributed by atoms with van der Waals surface area (Å²) in [6.07, 6.45) is 8.47. The van der Waals surface area contributed by atoms with E-state index in [1.54, 1.807) is 0 Å². The van der Waals surface area contributed by atoms with Gasteiger partial charge in [-0.05, 0) is 38.5 Å². The topological polar surface area (TPSA) is 83.1 Å². The molecule has 1 aromatic rings. The van der Waals surface area contributed by atoms with Gasteiger partial charge in [-0.1, -0.05) is 19.3 Å². The number of hydrogen-bond donors (Lipinski definition) is 2. The van der Waals surface area contributed by atoms with E-state index in [1.165, 1.54) is 32.1 Å². The van der Waals surface area contributed by atoms with Crippen LogP contribution in [0.1, 0.15) is 62.5 Å². The highest BCUT2D eigenvalue weighted by atomic mass is 16.5. The van der Waals surface area contributed by atoms with E-state index in [2.05, 4.69) is 25.4 Å². The molecule has 0 unspecified atom stereocenters. The number of ether oxygens (including phenoxy) is 1. The largest absolute Gasteiger partial charge is 0.381 e. The molecule has 27 heavy (non-hydrogen) atoms. The van der Waals surface area contributed by atoms with Gasteiger partial charge in [-0.2, -0.15) is 5.10 Å². The average Bonchev–Trinajstić information content (AvgIpc) is 3.29. The van der Waals surface area contributed by atoms with Gasteiger partial charge < -0.3 is 15.0 Å². The molecular weight excluding hydrogens is 342 g/mol. The minimum atomic E-state index is 0.0840. The van der Waals surface area contributed by atoms with E-state index in [4.69, 9.17) is 4.74 Å². The molecule has 1 aromatic heterocycles. The summed E-state index contributed by atoms with van der Waals surface area (Å²) >= 11 is 0. The van der Waals surface area contributed by atoms with Crippen molar-refractivity contribution >= 4 is 5.91 Å². The summed E-state index contributed by atoms with van der Waals surface area (Å²) in [5, 5.41) is 10.7. The van der Waals surface area contributed by atoms with Crippen molar-refractivity contribution < 1.29 is 9.53 Å². The van der Waals surface area contributed by atoms with Crippen LogP contribution in [0.3, 0.4) is 0 Å². The normalized spacial score (nSPS) is 28.5. The second-order valence-corrected chi connectivity index (χ2v) is 8.61. The Morgan fingerprint density at radius 2 is 1.96 bits per heavy atom. The van der Waals surface area contributed by atoms with Crippen molar-refractivity contribution in [3.8, 4) is 0 Å². The number of H-pyrrole nitrogens is 1. The van der Waals surface area contributed by atoms with Gasteiger partial charge in [0.15, 0.2) is 5.82 Å². The molecule has 1 amide bonds. The van der Waals surface area contributed by atoms with Crippen LogP contribution >= 0.6 is 0 Å². The molecule has 150 valence electrons. The Bertz CT molecular complexity index is 622. The Labute approximate surface area is 161 Å². The van der Waals surface area contributed by atoms with Gasteiger partial charge in [0.05, 0.1) is 12.0 Å². The molecule has 0 aromatic carbocycles. The molecule has 2 saturated heterocycles. The zero-order valence-corrected chi connectivity index (χ0v) is 16.5. The van der Waals surface area contributed by atoms with Crippen LogP contribution in [0, 0.1) is 18.8 Å². The number of carbonyl (C=O) groups is 1. The highest BCUT2D eigenvalue weighted by molar-refractivity contribution is 5.79. The maximum absolute atomic E-state index is 12.8. The SMILES string of the molecule is Cc1nc([C@@H]2CN(CC3CCCCC3)C[C@H]2NC(=O)C2CCOCC2)n[nH]1. The third kappa shape index (κ3) is 4.69. The lowest BCUT2D eigenvalue weighted by Crippen LogP contribution is -2.44. The average molecular weight is 376 g/mol. The third-order valence-corrected chi connectivity index (χ3v) is 6.50. The molecule has 1 saturated carbocycles. The Kier molecular flexibility index (Phi) is 6.08. The van der Waals surface area contributed by atoms with Crippen molar-refractivity contribution in [2.24, 2.45) is 11.8 Å². The highest BCUT2D eigenvalue weighted by Crippen LogP contribution is 2.30. The zero-order valence-electron chi connectivity index (χ0n) is 16.5. The van der Waals surface area contributed by atoms with E-state index >= 15 is 0 Å². The number of hydrogen-bond acceptors (Lipinski definition) is 5.